The molecule has 0 saturated heterocycles. The van der Waals surface area contributed by atoms with Crippen molar-refractivity contribution in [1.29, 1.82) is 0 Å². The van der Waals surface area contributed by atoms with Crippen molar-refractivity contribution in [3.63, 3.8) is 0 Å². The lowest BCUT2D eigenvalue weighted by atomic mass is 10.1. The van der Waals surface area contributed by atoms with E-state index in [4.69, 9.17) is 4.42 Å². The molecule has 0 saturated carbocycles. The molecule has 1 N–H and O–H groups in total. The third-order valence-electron chi connectivity index (χ3n) is 3.79. The Morgan fingerprint density at radius 3 is 2.37 bits per heavy atom. The highest BCUT2D eigenvalue weighted by atomic mass is 79.9. The van der Waals surface area contributed by atoms with Gasteiger partial charge in [0.2, 0.25) is 11.8 Å². The Labute approximate surface area is 164 Å². The van der Waals surface area contributed by atoms with Crippen LogP contribution >= 0.6 is 15.9 Å². The zero-order valence-electron chi connectivity index (χ0n) is 14.3. The van der Waals surface area contributed by atoms with Crippen molar-refractivity contribution in [3.05, 3.63) is 58.6 Å². The molecule has 0 radical (unpaired) electrons. The Kier molecular flexibility index (Phi) is 5.71. The van der Waals surface area contributed by atoms with E-state index in [1.165, 1.54) is 12.1 Å². The zero-order chi connectivity index (χ0) is 19.4. The minimum Gasteiger partial charge on any atom is -0.403 e. The molecule has 0 unspecified atom stereocenters. The van der Waals surface area contributed by atoms with Gasteiger partial charge in [0.25, 0.3) is 0 Å². The van der Waals surface area contributed by atoms with Gasteiger partial charge in [0.05, 0.1) is 17.1 Å². The van der Waals surface area contributed by atoms with Crippen LogP contribution in [0.3, 0.4) is 0 Å². The average molecular weight is 450 g/mol. The van der Waals surface area contributed by atoms with Crippen molar-refractivity contribution in [1.82, 2.24) is 10.2 Å². The summed E-state index contributed by atoms with van der Waals surface area (Å²) in [6, 6.07) is 13.6. The molecule has 0 bridgehead atoms. The van der Waals surface area contributed by atoms with Crippen molar-refractivity contribution < 1.29 is 17.6 Å². The Morgan fingerprint density at radius 1 is 1.07 bits per heavy atom. The topological polar surface area (TPSA) is 102 Å². The molecule has 7 nitrogen and oxygen atoms in total. The first-order chi connectivity index (χ1) is 12.9. The van der Waals surface area contributed by atoms with E-state index in [0.717, 1.165) is 10.0 Å². The van der Waals surface area contributed by atoms with E-state index in [1.807, 2.05) is 24.3 Å². The van der Waals surface area contributed by atoms with Gasteiger partial charge in [-0.25, -0.2) is 8.42 Å². The summed E-state index contributed by atoms with van der Waals surface area (Å²) in [4.78, 5) is 12.4. The number of sulfone groups is 1. The van der Waals surface area contributed by atoms with Crippen LogP contribution < -0.4 is 5.32 Å². The molecule has 1 aromatic heterocycles. The number of carbonyl (C=O) groups is 1. The Bertz CT molecular complexity index is 1040. The van der Waals surface area contributed by atoms with Crippen molar-refractivity contribution in [2.24, 2.45) is 0 Å². The van der Waals surface area contributed by atoms with Crippen LogP contribution in [-0.2, 0) is 21.1 Å². The monoisotopic (exact) mass is 449 g/mol. The standard InChI is InChI=1S/C18H16BrN3O4S/c1-2-27(24,25)15-9-3-12(4-10-15)11-16(23)20-18-22-21-17(26-18)13-5-7-14(19)8-6-13/h3-10H,2,11H2,1H3,(H,20,22,23). The molecule has 0 spiro atoms. The number of hydrogen-bond acceptors (Lipinski definition) is 6. The van der Waals surface area contributed by atoms with E-state index >= 15 is 0 Å². The van der Waals surface area contributed by atoms with E-state index in [1.54, 1.807) is 19.1 Å². The van der Waals surface area contributed by atoms with E-state index < -0.39 is 9.84 Å². The third kappa shape index (κ3) is 4.81. The lowest BCUT2D eigenvalue weighted by Gasteiger charge is -2.04. The van der Waals surface area contributed by atoms with Gasteiger partial charge in [0.1, 0.15) is 0 Å². The van der Waals surface area contributed by atoms with Crippen LogP contribution in [0.4, 0.5) is 6.01 Å². The Morgan fingerprint density at radius 2 is 1.74 bits per heavy atom. The Balaban J connectivity index is 1.64. The van der Waals surface area contributed by atoms with Gasteiger partial charge in [-0.3, -0.25) is 10.1 Å². The van der Waals surface area contributed by atoms with Crippen LogP contribution in [0.1, 0.15) is 12.5 Å². The second-order valence-corrected chi connectivity index (χ2v) is 8.89. The van der Waals surface area contributed by atoms with Gasteiger partial charge in [0, 0.05) is 10.0 Å². The number of rotatable bonds is 6. The predicted molar refractivity (Wildman–Crippen MR) is 104 cm³/mol. The van der Waals surface area contributed by atoms with Crippen molar-refractivity contribution in [2.45, 2.75) is 18.2 Å². The fourth-order valence-electron chi connectivity index (χ4n) is 2.31. The summed E-state index contributed by atoms with van der Waals surface area (Å²) < 4.78 is 30.0. The fraction of sp³-hybridized carbons (Fsp3) is 0.167. The Hall–Kier alpha value is -2.52. The predicted octanol–water partition coefficient (Wildman–Crippen LogP) is 3.47. The molecule has 1 amide bonds. The quantitative estimate of drug-likeness (QED) is 0.617. The summed E-state index contributed by atoms with van der Waals surface area (Å²) in [6.07, 6.45) is 0.0580. The summed E-state index contributed by atoms with van der Waals surface area (Å²) >= 11 is 3.35. The molecule has 1 heterocycles. The van der Waals surface area contributed by atoms with Crippen molar-refractivity contribution in [2.75, 3.05) is 11.1 Å². The van der Waals surface area contributed by atoms with Crippen molar-refractivity contribution >= 4 is 37.7 Å². The highest BCUT2D eigenvalue weighted by Crippen LogP contribution is 2.22. The molecule has 0 aliphatic heterocycles. The van der Waals surface area contributed by atoms with Crippen LogP contribution in [0.2, 0.25) is 0 Å². The molecule has 3 rings (SSSR count). The smallest absolute Gasteiger partial charge is 0.322 e. The number of nitrogens with zero attached hydrogens (tertiary/aromatic N) is 2. The van der Waals surface area contributed by atoms with E-state index in [2.05, 4.69) is 31.4 Å². The van der Waals surface area contributed by atoms with Gasteiger partial charge in [-0.05, 0) is 42.0 Å². The molecule has 0 atom stereocenters. The van der Waals surface area contributed by atoms with Gasteiger partial charge in [-0.2, -0.15) is 0 Å². The molecule has 27 heavy (non-hydrogen) atoms. The van der Waals surface area contributed by atoms with Crippen molar-refractivity contribution in [3.8, 4) is 11.5 Å². The molecule has 0 aliphatic rings. The second kappa shape index (κ2) is 8.01. The number of halogens is 1. The number of aromatic nitrogens is 2. The first kappa shape index (κ1) is 19.2. The first-order valence-corrected chi connectivity index (χ1v) is 10.5. The van der Waals surface area contributed by atoms with E-state index in [9.17, 15) is 13.2 Å². The van der Waals surface area contributed by atoms with Gasteiger partial charge < -0.3 is 4.42 Å². The molecule has 2 aromatic carbocycles. The van der Waals surface area contributed by atoms with Gasteiger partial charge in [-0.1, -0.05) is 40.1 Å². The van der Waals surface area contributed by atoms with Crippen LogP contribution in [-0.4, -0.2) is 30.3 Å². The molecular weight excluding hydrogens is 434 g/mol. The van der Waals surface area contributed by atoms with Crippen LogP contribution in [0.15, 0.2) is 62.3 Å². The lowest BCUT2D eigenvalue weighted by Crippen LogP contribution is -2.14. The number of anilines is 1. The maximum absolute atomic E-state index is 12.1. The SMILES string of the molecule is CCS(=O)(=O)c1ccc(CC(=O)Nc2nnc(-c3ccc(Br)cc3)o2)cc1. The van der Waals surface area contributed by atoms with Gasteiger partial charge in [-0.15, -0.1) is 5.10 Å². The second-order valence-electron chi connectivity index (χ2n) is 5.69. The summed E-state index contributed by atoms with van der Waals surface area (Å²) in [7, 11) is -3.26. The number of carbonyl (C=O) groups excluding carboxylic acids is 1. The molecule has 140 valence electrons. The lowest BCUT2D eigenvalue weighted by molar-refractivity contribution is -0.115. The van der Waals surface area contributed by atoms with Crippen LogP contribution in [0.25, 0.3) is 11.5 Å². The summed E-state index contributed by atoms with van der Waals surface area (Å²) in [6.45, 7) is 1.59. The average Bonchev–Trinajstić information content (AvgIpc) is 3.11. The normalized spacial score (nSPS) is 11.3. The molecular formula is C18H16BrN3O4S. The van der Waals surface area contributed by atoms with Gasteiger partial charge in [0.15, 0.2) is 9.84 Å². The van der Waals surface area contributed by atoms with Crippen LogP contribution in [0.5, 0.6) is 0 Å². The summed E-state index contributed by atoms with van der Waals surface area (Å²) in [5, 5.41) is 10.3. The summed E-state index contributed by atoms with van der Waals surface area (Å²) in [5.74, 6) is -0.0101. The maximum atomic E-state index is 12.1. The molecule has 9 heteroatoms. The number of benzene rings is 2. The molecule has 0 aliphatic carbocycles. The number of amides is 1. The van der Waals surface area contributed by atoms with E-state index in [0.29, 0.717) is 11.5 Å². The molecule has 3 aromatic rings. The third-order valence-corrected chi connectivity index (χ3v) is 6.07. The van der Waals surface area contributed by atoms with E-state index in [-0.39, 0.29) is 29.0 Å². The highest BCUT2D eigenvalue weighted by molar-refractivity contribution is 9.10. The molecule has 0 fully saturated rings. The van der Waals surface area contributed by atoms with Gasteiger partial charge >= 0.3 is 6.01 Å². The minimum atomic E-state index is -3.26. The minimum absolute atomic E-state index is 0.00287. The summed E-state index contributed by atoms with van der Waals surface area (Å²) in [5.41, 5.74) is 1.41. The fourth-order valence-corrected chi connectivity index (χ4v) is 3.46. The maximum Gasteiger partial charge on any atom is 0.322 e. The number of nitrogens with one attached hydrogen (secondary N) is 1. The number of hydrogen-bond donors (Lipinski definition) is 1. The zero-order valence-corrected chi connectivity index (χ0v) is 16.7. The first-order valence-electron chi connectivity index (χ1n) is 8.08. The highest BCUT2D eigenvalue weighted by Gasteiger charge is 2.14. The largest absolute Gasteiger partial charge is 0.403 e. The van der Waals surface area contributed by atoms with Crippen LogP contribution in [0, 0.1) is 0 Å².